The maximum atomic E-state index is 12.8. The molecule has 0 aliphatic carbocycles. The van der Waals surface area contributed by atoms with E-state index in [0.717, 1.165) is 35.0 Å². The highest BCUT2D eigenvalue weighted by atomic mass is 32.2. The summed E-state index contributed by atoms with van der Waals surface area (Å²) in [4.78, 5) is 27.2. The number of anilines is 1. The normalized spacial score (nSPS) is 12.8. The van der Waals surface area contributed by atoms with Gasteiger partial charge in [0.2, 0.25) is 11.8 Å². The Morgan fingerprint density at radius 1 is 1.10 bits per heavy atom. The molecule has 2 rings (SSSR count). The van der Waals surface area contributed by atoms with Crippen molar-refractivity contribution in [3.8, 4) is 5.75 Å². The minimum absolute atomic E-state index is 0.00371. The van der Waals surface area contributed by atoms with Gasteiger partial charge >= 0.3 is 0 Å². The number of ether oxygens (including phenoxy) is 1. The number of likely N-dealkylation sites (N-methyl/N-ethyl adjacent to an activating group) is 1. The van der Waals surface area contributed by atoms with E-state index < -0.39 is 0 Å². The van der Waals surface area contributed by atoms with E-state index in [9.17, 15) is 9.59 Å². The number of hydrogen-bond donors (Lipinski definition) is 2. The maximum Gasteiger partial charge on any atom is 0.233 e. The average molecular weight is 444 g/mol. The molecule has 0 aliphatic heterocycles. The van der Waals surface area contributed by atoms with E-state index in [-0.39, 0.29) is 23.1 Å². The number of thioether (sulfide) groups is 1. The van der Waals surface area contributed by atoms with Gasteiger partial charge in [-0.15, -0.1) is 11.8 Å². The van der Waals surface area contributed by atoms with Gasteiger partial charge in [0.15, 0.2) is 0 Å². The van der Waals surface area contributed by atoms with Crippen LogP contribution in [0.1, 0.15) is 39.3 Å². The van der Waals surface area contributed by atoms with Crippen LogP contribution >= 0.6 is 11.8 Å². The van der Waals surface area contributed by atoms with Crippen LogP contribution in [0.2, 0.25) is 0 Å². The van der Waals surface area contributed by atoms with Crippen molar-refractivity contribution in [3.63, 3.8) is 0 Å². The average Bonchev–Trinajstić information content (AvgIpc) is 2.77. The van der Waals surface area contributed by atoms with Gasteiger partial charge in [-0.1, -0.05) is 26.0 Å². The number of nitrogens with one attached hydrogen (secondary N) is 2. The molecule has 0 aliphatic rings. The van der Waals surface area contributed by atoms with Gasteiger partial charge in [0.05, 0.1) is 18.4 Å². The van der Waals surface area contributed by atoms with Gasteiger partial charge < -0.3 is 15.4 Å². The van der Waals surface area contributed by atoms with E-state index in [1.807, 2.05) is 49.4 Å². The van der Waals surface area contributed by atoms with Crippen molar-refractivity contribution in [2.45, 2.75) is 43.9 Å². The largest absolute Gasteiger partial charge is 0.497 e. The van der Waals surface area contributed by atoms with Gasteiger partial charge in [-0.2, -0.15) is 0 Å². The number of benzene rings is 2. The molecule has 0 saturated carbocycles. The molecule has 0 aromatic heterocycles. The van der Waals surface area contributed by atoms with Crippen LogP contribution in [-0.2, 0) is 9.59 Å². The molecule has 0 spiro atoms. The van der Waals surface area contributed by atoms with Crippen LogP contribution < -0.4 is 15.4 Å². The molecule has 7 heteroatoms. The Morgan fingerprint density at radius 3 is 2.35 bits per heavy atom. The highest BCUT2D eigenvalue weighted by molar-refractivity contribution is 8.00. The molecule has 2 amide bonds. The fourth-order valence-corrected chi connectivity index (χ4v) is 4.28. The van der Waals surface area contributed by atoms with Gasteiger partial charge in [0, 0.05) is 24.1 Å². The summed E-state index contributed by atoms with van der Waals surface area (Å²) in [5.74, 6) is 0.704. The van der Waals surface area contributed by atoms with Gasteiger partial charge in [-0.25, -0.2) is 0 Å². The van der Waals surface area contributed by atoms with Gasteiger partial charge in [-0.05, 0) is 62.0 Å². The second kappa shape index (κ2) is 12.4. The monoisotopic (exact) mass is 443 g/mol. The number of hydrogen-bond acceptors (Lipinski definition) is 5. The first-order valence-electron chi connectivity index (χ1n) is 10.6. The third-order valence-corrected chi connectivity index (χ3v) is 6.17. The summed E-state index contributed by atoms with van der Waals surface area (Å²) in [5.41, 5.74) is 1.87. The Hall–Kier alpha value is -2.51. The number of methoxy groups -OCH3 is 1. The lowest BCUT2D eigenvalue weighted by Crippen LogP contribution is -2.40. The van der Waals surface area contributed by atoms with Crippen molar-refractivity contribution in [3.05, 3.63) is 54.1 Å². The van der Waals surface area contributed by atoms with E-state index in [1.165, 1.54) is 18.7 Å². The van der Waals surface area contributed by atoms with Crippen LogP contribution in [0.3, 0.4) is 0 Å². The summed E-state index contributed by atoms with van der Waals surface area (Å²) in [6, 6.07) is 15.6. The van der Waals surface area contributed by atoms with Gasteiger partial charge in [0.1, 0.15) is 5.75 Å². The molecule has 31 heavy (non-hydrogen) atoms. The molecular formula is C24H33N3O3S. The zero-order valence-electron chi connectivity index (χ0n) is 19.0. The molecule has 0 heterocycles. The van der Waals surface area contributed by atoms with Crippen molar-refractivity contribution < 1.29 is 14.3 Å². The third-order valence-electron chi connectivity index (χ3n) is 5.06. The summed E-state index contributed by atoms with van der Waals surface area (Å²) in [6.45, 7) is 9.94. The van der Waals surface area contributed by atoms with Gasteiger partial charge in [-0.3, -0.25) is 14.5 Å². The SMILES string of the molecule is CCN(CC)C(CNC(=O)C(C)Sc1ccc(NC(C)=O)cc1)c1cccc(OC)c1. The first kappa shape index (κ1) is 24.8. The van der Waals surface area contributed by atoms with Crippen LogP contribution in [-0.4, -0.2) is 48.7 Å². The first-order chi connectivity index (χ1) is 14.9. The van der Waals surface area contributed by atoms with Gasteiger partial charge in [0.25, 0.3) is 0 Å². The number of nitrogens with zero attached hydrogens (tertiary/aromatic N) is 1. The summed E-state index contributed by atoms with van der Waals surface area (Å²) in [5, 5.41) is 5.63. The number of carbonyl (C=O) groups is 2. The number of amides is 2. The first-order valence-corrected chi connectivity index (χ1v) is 11.5. The molecule has 2 aromatic rings. The van der Waals surface area contributed by atoms with E-state index in [4.69, 9.17) is 4.74 Å². The highest BCUT2D eigenvalue weighted by Gasteiger charge is 2.21. The Labute approximate surface area is 189 Å². The molecular weight excluding hydrogens is 410 g/mol. The molecule has 0 bridgehead atoms. The lowest BCUT2D eigenvalue weighted by Gasteiger charge is -2.30. The Bertz CT molecular complexity index is 853. The van der Waals surface area contributed by atoms with Crippen molar-refractivity contribution >= 4 is 29.3 Å². The molecule has 168 valence electrons. The highest BCUT2D eigenvalue weighted by Crippen LogP contribution is 2.26. The van der Waals surface area contributed by atoms with Crippen molar-refractivity contribution in [2.24, 2.45) is 0 Å². The lowest BCUT2D eigenvalue weighted by molar-refractivity contribution is -0.120. The second-order valence-electron chi connectivity index (χ2n) is 7.22. The van der Waals surface area contributed by atoms with Crippen molar-refractivity contribution in [1.29, 1.82) is 0 Å². The second-order valence-corrected chi connectivity index (χ2v) is 8.64. The standard InChI is InChI=1S/C24H33N3O3S/c1-6-27(7-2)23(19-9-8-10-21(15-19)30-5)16-25-24(29)17(3)31-22-13-11-20(12-14-22)26-18(4)28/h8-15,17,23H,6-7,16H2,1-5H3,(H,25,29)(H,26,28). The van der Waals surface area contributed by atoms with Crippen LogP contribution in [0.25, 0.3) is 0 Å². The van der Waals surface area contributed by atoms with Crippen LogP contribution in [0.5, 0.6) is 5.75 Å². The molecule has 2 N–H and O–H groups in total. The van der Waals surface area contributed by atoms with E-state index in [1.54, 1.807) is 7.11 Å². The Morgan fingerprint density at radius 2 is 1.77 bits per heavy atom. The van der Waals surface area contributed by atoms with Crippen LogP contribution in [0, 0.1) is 0 Å². The smallest absolute Gasteiger partial charge is 0.233 e. The zero-order valence-corrected chi connectivity index (χ0v) is 19.8. The third kappa shape index (κ3) is 7.60. The van der Waals surface area contributed by atoms with Crippen molar-refractivity contribution in [1.82, 2.24) is 10.2 Å². The molecule has 0 radical (unpaired) electrons. The summed E-state index contributed by atoms with van der Waals surface area (Å²) < 4.78 is 5.38. The summed E-state index contributed by atoms with van der Waals surface area (Å²) in [7, 11) is 1.66. The van der Waals surface area contributed by atoms with E-state index >= 15 is 0 Å². The molecule has 0 fully saturated rings. The van der Waals surface area contributed by atoms with E-state index in [2.05, 4.69) is 35.4 Å². The quantitative estimate of drug-likeness (QED) is 0.506. The lowest BCUT2D eigenvalue weighted by atomic mass is 10.0. The molecule has 6 nitrogen and oxygen atoms in total. The Balaban J connectivity index is 2.01. The summed E-state index contributed by atoms with van der Waals surface area (Å²) in [6.07, 6.45) is 0. The Kier molecular flexibility index (Phi) is 9.88. The number of carbonyl (C=O) groups excluding carboxylic acids is 2. The van der Waals surface area contributed by atoms with E-state index in [0.29, 0.717) is 6.54 Å². The molecule has 0 saturated heterocycles. The summed E-state index contributed by atoms with van der Waals surface area (Å²) >= 11 is 1.49. The van der Waals surface area contributed by atoms with Crippen molar-refractivity contribution in [2.75, 3.05) is 32.1 Å². The fraction of sp³-hybridized carbons (Fsp3) is 0.417. The van der Waals surface area contributed by atoms with Crippen LogP contribution in [0.15, 0.2) is 53.4 Å². The maximum absolute atomic E-state index is 12.8. The molecule has 2 aromatic carbocycles. The zero-order chi connectivity index (χ0) is 22.8. The molecule has 2 atom stereocenters. The van der Waals surface area contributed by atoms with Crippen LogP contribution in [0.4, 0.5) is 5.69 Å². The predicted molar refractivity (Wildman–Crippen MR) is 128 cm³/mol. The minimum atomic E-state index is -0.241. The topological polar surface area (TPSA) is 70.7 Å². The number of rotatable bonds is 11. The fourth-order valence-electron chi connectivity index (χ4n) is 3.39. The molecule has 2 unspecified atom stereocenters. The predicted octanol–water partition coefficient (Wildman–Crippen LogP) is 4.33. The minimum Gasteiger partial charge on any atom is -0.497 e.